The van der Waals surface area contributed by atoms with E-state index < -0.39 is 0 Å². The Labute approximate surface area is 165 Å². The molecular weight excluding hydrogens is 358 g/mol. The number of likely N-dealkylation sites (tertiary alicyclic amines) is 1. The molecule has 0 N–H and O–H groups in total. The average Bonchev–Trinajstić information content (AvgIpc) is 3.34. The summed E-state index contributed by atoms with van der Waals surface area (Å²) in [6.07, 6.45) is 1.98. The molecule has 0 radical (unpaired) electrons. The Hall–Kier alpha value is -2.61. The van der Waals surface area contributed by atoms with E-state index in [1.54, 1.807) is 21.1 Å². The van der Waals surface area contributed by atoms with Gasteiger partial charge in [0.15, 0.2) is 5.82 Å². The van der Waals surface area contributed by atoms with Crippen LogP contribution in [-0.2, 0) is 24.4 Å². The van der Waals surface area contributed by atoms with Crippen molar-refractivity contribution in [1.82, 2.24) is 24.6 Å². The molecule has 1 saturated heterocycles. The zero-order chi connectivity index (χ0) is 19.7. The summed E-state index contributed by atoms with van der Waals surface area (Å²) in [5, 5.41) is 8.91. The van der Waals surface area contributed by atoms with E-state index in [0.29, 0.717) is 6.54 Å². The first-order valence-electron chi connectivity index (χ1n) is 9.73. The molecule has 2 aliphatic heterocycles. The number of carbonyl (C=O) groups excluding carboxylic acids is 1. The zero-order valence-electron chi connectivity index (χ0n) is 16.7. The Morgan fingerprint density at radius 2 is 1.89 bits per heavy atom. The number of amides is 1. The normalized spacial score (nSPS) is 19.5. The Bertz CT molecular complexity index is 843. The van der Waals surface area contributed by atoms with Crippen LogP contribution in [0.15, 0.2) is 18.2 Å². The summed E-state index contributed by atoms with van der Waals surface area (Å²) >= 11 is 0. The largest absolute Gasteiger partial charge is 0.496 e. The summed E-state index contributed by atoms with van der Waals surface area (Å²) in [5.74, 6) is 3.65. The minimum Gasteiger partial charge on any atom is -0.496 e. The maximum absolute atomic E-state index is 11.9. The van der Waals surface area contributed by atoms with Gasteiger partial charge >= 0.3 is 0 Å². The number of nitrogens with zero attached hydrogens (tertiary/aromatic N) is 5. The highest BCUT2D eigenvalue weighted by atomic mass is 16.5. The quantitative estimate of drug-likeness (QED) is 0.784. The Morgan fingerprint density at radius 3 is 2.57 bits per heavy atom. The molecule has 1 fully saturated rings. The molecule has 1 atom stereocenters. The molecule has 2 aliphatic rings. The molecule has 4 rings (SSSR count). The van der Waals surface area contributed by atoms with E-state index in [0.717, 1.165) is 67.7 Å². The lowest BCUT2D eigenvalue weighted by Crippen LogP contribution is -2.36. The highest BCUT2D eigenvalue weighted by Gasteiger charge is 2.34. The smallest absolute Gasteiger partial charge is 0.220 e. The second-order valence-electron chi connectivity index (χ2n) is 7.35. The lowest BCUT2D eigenvalue weighted by molar-refractivity contribution is -0.129. The van der Waals surface area contributed by atoms with Gasteiger partial charge in [0.05, 0.1) is 32.4 Å². The van der Waals surface area contributed by atoms with Crippen molar-refractivity contribution < 1.29 is 14.3 Å². The van der Waals surface area contributed by atoms with Gasteiger partial charge < -0.3 is 18.9 Å². The summed E-state index contributed by atoms with van der Waals surface area (Å²) in [5.41, 5.74) is 1.04. The molecule has 1 aromatic heterocycles. The minimum atomic E-state index is 0.0552. The van der Waals surface area contributed by atoms with Crippen LogP contribution in [0.25, 0.3) is 0 Å². The SMILES string of the molecule is COc1cccc(OC)c1CN1CCn2c(nnc2[C@H]2CCCN2C(C)=O)C1. The Morgan fingerprint density at radius 1 is 1.14 bits per heavy atom. The predicted octanol–water partition coefficient (Wildman–Crippen LogP) is 1.99. The van der Waals surface area contributed by atoms with Gasteiger partial charge in [0.2, 0.25) is 5.91 Å². The number of benzene rings is 1. The maximum atomic E-state index is 11.9. The van der Waals surface area contributed by atoms with Gasteiger partial charge in [-0.2, -0.15) is 0 Å². The first-order valence-corrected chi connectivity index (χ1v) is 9.73. The number of ether oxygens (including phenoxy) is 2. The van der Waals surface area contributed by atoms with E-state index in [1.807, 2.05) is 23.1 Å². The van der Waals surface area contributed by atoms with Crippen LogP contribution in [-0.4, -0.2) is 57.8 Å². The van der Waals surface area contributed by atoms with Crippen molar-refractivity contribution in [3.05, 3.63) is 35.4 Å². The van der Waals surface area contributed by atoms with E-state index in [4.69, 9.17) is 9.47 Å². The van der Waals surface area contributed by atoms with Gasteiger partial charge in [-0.25, -0.2) is 0 Å². The molecule has 8 nitrogen and oxygen atoms in total. The summed E-state index contributed by atoms with van der Waals surface area (Å²) in [7, 11) is 3.36. The van der Waals surface area contributed by atoms with Gasteiger partial charge in [0, 0.05) is 33.1 Å². The third-order valence-electron chi connectivity index (χ3n) is 5.73. The summed E-state index contributed by atoms with van der Waals surface area (Å²) in [6, 6.07) is 5.90. The topological polar surface area (TPSA) is 72.7 Å². The second kappa shape index (κ2) is 7.79. The third kappa shape index (κ3) is 3.32. The van der Waals surface area contributed by atoms with Crippen molar-refractivity contribution >= 4 is 5.91 Å². The molecule has 0 bridgehead atoms. The molecule has 0 saturated carbocycles. The van der Waals surface area contributed by atoms with Crippen LogP contribution in [0.4, 0.5) is 0 Å². The van der Waals surface area contributed by atoms with Gasteiger partial charge in [-0.3, -0.25) is 9.69 Å². The highest BCUT2D eigenvalue weighted by molar-refractivity contribution is 5.74. The van der Waals surface area contributed by atoms with E-state index in [-0.39, 0.29) is 11.9 Å². The maximum Gasteiger partial charge on any atom is 0.220 e. The molecule has 0 aliphatic carbocycles. The number of fused-ring (bicyclic) bond motifs is 1. The van der Waals surface area contributed by atoms with Gasteiger partial charge in [-0.1, -0.05) is 6.07 Å². The van der Waals surface area contributed by atoms with Crippen molar-refractivity contribution in [3.8, 4) is 11.5 Å². The third-order valence-corrected chi connectivity index (χ3v) is 5.73. The van der Waals surface area contributed by atoms with Crippen LogP contribution < -0.4 is 9.47 Å². The predicted molar refractivity (Wildman–Crippen MR) is 103 cm³/mol. The fourth-order valence-corrected chi connectivity index (χ4v) is 4.33. The molecule has 2 aromatic rings. The lowest BCUT2D eigenvalue weighted by atomic mass is 10.1. The van der Waals surface area contributed by atoms with Gasteiger partial charge in [0.25, 0.3) is 0 Å². The lowest BCUT2D eigenvalue weighted by Gasteiger charge is -2.30. The van der Waals surface area contributed by atoms with Gasteiger partial charge in [-0.15, -0.1) is 10.2 Å². The van der Waals surface area contributed by atoms with Crippen LogP contribution in [0.3, 0.4) is 0 Å². The summed E-state index contributed by atoms with van der Waals surface area (Å²) < 4.78 is 13.3. The fourth-order valence-electron chi connectivity index (χ4n) is 4.33. The van der Waals surface area contributed by atoms with Gasteiger partial charge in [0.1, 0.15) is 17.3 Å². The number of hydrogen-bond donors (Lipinski definition) is 0. The highest BCUT2D eigenvalue weighted by Crippen LogP contribution is 2.33. The standard InChI is InChI=1S/C20H27N5O3/c1-14(26)24-9-5-6-16(24)20-22-21-19-13-23(10-11-25(19)20)12-15-17(27-2)7-4-8-18(15)28-3/h4,7-8,16H,5-6,9-13H2,1-3H3/t16-/m1/s1. The monoisotopic (exact) mass is 385 g/mol. The molecule has 1 aromatic carbocycles. The summed E-state index contributed by atoms with van der Waals surface area (Å²) in [4.78, 5) is 16.2. The van der Waals surface area contributed by atoms with E-state index in [9.17, 15) is 4.79 Å². The van der Waals surface area contributed by atoms with Crippen molar-refractivity contribution in [2.24, 2.45) is 0 Å². The molecule has 0 spiro atoms. The summed E-state index contributed by atoms with van der Waals surface area (Å²) in [6.45, 7) is 5.57. The Balaban J connectivity index is 1.53. The molecule has 8 heteroatoms. The van der Waals surface area contributed by atoms with Crippen LogP contribution >= 0.6 is 0 Å². The van der Waals surface area contributed by atoms with E-state index >= 15 is 0 Å². The molecule has 150 valence electrons. The number of methoxy groups -OCH3 is 2. The number of aromatic nitrogens is 3. The van der Waals surface area contributed by atoms with E-state index in [2.05, 4.69) is 19.7 Å². The number of hydrogen-bond acceptors (Lipinski definition) is 6. The van der Waals surface area contributed by atoms with Crippen molar-refractivity contribution in [3.63, 3.8) is 0 Å². The second-order valence-corrected chi connectivity index (χ2v) is 7.35. The first kappa shape index (κ1) is 18.7. The van der Waals surface area contributed by atoms with Crippen molar-refractivity contribution in [2.45, 2.75) is 45.4 Å². The van der Waals surface area contributed by atoms with Crippen LogP contribution in [0.5, 0.6) is 11.5 Å². The first-order chi connectivity index (χ1) is 13.6. The molecule has 3 heterocycles. The molecular formula is C20H27N5O3. The molecule has 28 heavy (non-hydrogen) atoms. The number of rotatable bonds is 5. The zero-order valence-corrected chi connectivity index (χ0v) is 16.7. The van der Waals surface area contributed by atoms with Crippen LogP contribution in [0, 0.1) is 0 Å². The Kier molecular flexibility index (Phi) is 5.21. The van der Waals surface area contributed by atoms with Crippen LogP contribution in [0.2, 0.25) is 0 Å². The van der Waals surface area contributed by atoms with E-state index in [1.165, 1.54) is 0 Å². The molecule has 1 amide bonds. The van der Waals surface area contributed by atoms with Crippen molar-refractivity contribution in [1.29, 1.82) is 0 Å². The minimum absolute atomic E-state index is 0.0552. The fraction of sp³-hybridized carbons (Fsp3) is 0.550. The molecule has 0 unspecified atom stereocenters. The average molecular weight is 385 g/mol. The van der Waals surface area contributed by atoms with Gasteiger partial charge in [-0.05, 0) is 25.0 Å². The van der Waals surface area contributed by atoms with Crippen molar-refractivity contribution in [2.75, 3.05) is 27.3 Å². The van der Waals surface area contributed by atoms with Crippen LogP contribution in [0.1, 0.15) is 43.0 Å². The number of carbonyl (C=O) groups is 1.